The number of nitro groups is 1. The highest BCUT2D eigenvalue weighted by atomic mass is 19.4. The molecule has 0 bridgehead atoms. The average Bonchev–Trinajstić information content (AvgIpc) is 2.46. The Hall–Kier alpha value is -2.90. The highest BCUT2D eigenvalue weighted by Crippen LogP contribution is 2.34. The fourth-order valence-electron chi connectivity index (χ4n) is 1.94. The third-order valence-corrected chi connectivity index (χ3v) is 2.95. The van der Waals surface area contributed by atoms with Crippen LogP contribution in [0.5, 0.6) is 0 Å². The first kappa shape index (κ1) is 16.5. The van der Waals surface area contributed by atoms with Crippen molar-refractivity contribution in [2.24, 2.45) is 0 Å². The van der Waals surface area contributed by atoms with Crippen LogP contribution >= 0.6 is 0 Å². The van der Waals surface area contributed by atoms with Crippen molar-refractivity contribution >= 4 is 17.3 Å². The Morgan fingerprint density at radius 2 is 1.78 bits per heavy atom. The molecule has 8 heteroatoms. The van der Waals surface area contributed by atoms with E-state index in [4.69, 9.17) is 0 Å². The van der Waals surface area contributed by atoms with Gasteiger partial charge in [-0.05, 0) is 11.6 Å². The Bertz CT molecular complexity index is 730. The number of halogens is 3. The Labute approximate surface area is 128 Å². The van der Waals surface area contributed by atoms with Crippen molar-refractivity contribution in [3.63, 3.8) is 0 Å². The number of nitrogens with one attached hydrogen (secondary N) is 1. The fourth-order valence-corrected chi connectivity index (χ4v) is 1.94. The lowest BCUT2D eigenvalue weighted by molar-refractivity contribution is -0.385. The summed E-state index contributed by atoms with van der Waals surface area (Å²) in [6, 6.07) is 10.6. The van der Waals surface area contributed by atoms with Crippen LogP contribution in [0.1, 0.15) is 11.1 Å². The maximum atomic E-state index is 12.8. The number of anilines is 1. The molecule has 0 saturated heterocycles. The highest BCUT2D eigenvalue weighted by molar-refractivity contribution is 5.92. The van der Waals surface area contributed by atoms with Gasteiger partial charge in [-0.15, -0.1) is 0 Å². The van der Waals surface area contributed by atoms with Gasteiger partial charge in [-0.3, -0.25) is 14.9 Å². The molecule has 0 saturated carbocycles. The van der Waals surface area contributed by atoms with Crippen molar-refractivity contribution in [1.82, 2.24) is 0 Å². The summed E-state index contributed by atoms with van der Waals surface area (Å²) in [4.78, 5) is 21.7. The Morgan fingerprint density at radius 3 is 2.35 bits per heavy atom. The molecule has 2 rings (SSSR count). The number of hydrogen-bond acceptors (Lipinski definition) is 3. The summed E-state index contributed by atoms with van der Waals surface area (Å²) in [7, 11) is 0. The summed E-state index contributed by atoms with van der Waals surface area (Å²) in [5.74, 6) is -0.565. The number of nitrogens with zero attached hydrogens (tertiary/aromatic N) is 1. The number of amides is 1. The minimum atomic E-state index is -4.75. The van der Waals surface area contributed by atoms with Gasteiger partial charge in [0, 0.05) is 17.8 Å². The van der Waals surface area contributed by atoms with Crippen LogP contribution in [0.4, 0.5) is 24.5 Å². The van der Waals surface area contributed by atoms with E-state index in [-0.39, 0.29) is 12.1 Å². The van der Waals surface area contributed by atoms with E-state index in [1.54, 1.807) is 30.3 Å². The zero-order valence-electron chi connectivity index (χ0n) is 11.6. The van der Waals surface area contributed by atoms with Crippen LogP contribution in [0.15, 0.2) is 48.5 Å². The molecular weight excluding hydrogens is 313 g/mol. The van der Waals surface area contributed by atoms with Crippen molar-refractivity contribution in [2.45, 2.75) is 12.6 Å². The van der Waals surface area contributed by atoms with E-state index in [0.29, 0.717) is 17.7 Å². The first-order valence-corrected chi connectivity index (χ1v) is 6.46. The molecule has 120 valence electrons. The van der Waals surface area contributed by atoms with Gasteiger partial charge in [0.1, 0.15) is 0 Å². The predicted octanol–water partition coefficient (Wildman–Crippen LogP) is 3.79. The van der Waals surface area contributed by atoms with Crippen LogP contribution in [0, 0.1) is 10.1 Å². The van der Waals surface area contributed by atoms with Gasteiger partial charge in [-0.25, -0.2) is 0 Å². The summed E-state index contributed by atoms with van der Waals surface area (Å²) in [6.45, 7) is 0. The van der Waals surface area contributed by atoms with Crippen LogP contribution in [-0.2, 0) is 17.4 Å². The molecule has 2 aromatic carbocycles. The lowest BCUT2D eigenvalue weighted by Gasteiger charge is -2.10. The molecule has 0 radical (unpaired) electrons. The van der Waals surface area contributed by atoms with E-state index in [1.165, 1.54) is 0 Å². The van der Waals surface area contributed by atoms with Gasteiger partial charge in [-0.1, -0.05) is 30.3 Å². The summed E-state index contributed by atoms with van der Waals surface area (Å²) >= 11 is 0. The molecule has 1 N–H and O–H groups in total. The molecule has 5 nitrogen and oxygen atoms in total. The summed E-state index contributed by atoms with van der Waals surface area (Å²) < 4.78 is 38.3. The first-order valence-electron chi connectivity index (χ1n) is 6.46. The maximum Gasteiger partial charge on any atom is 0.416 e. The second kappa shape index (κ2) is 6.47. The standard InChI is InChI=1S/C15H11F3N2O3/c16-15(17,18)11-7-12(9-13(8-11)20(22)23)19-14(21)6-10-4-2-1-3-5-10/h1-5,7-9H,6H2,(H,19,21). The lowest BCUT2D eigenvalue weighted by Crippen LogP contribution is -2.15. The predicted molar refractivity (Wildman–Crippen MR) is 76.9 cm³/mol. The molecule has 2 aromatic rings. The zero-order chi connectivity index (χ0) is 17.0. The van der Waals surface area contributed by atoms with Crippen molar-refractivity contribution in [1.29, 1.82) is 0 Å². The smallest absolute Gasteiger partial charge is 0.326 e. The molecule has 0 aliphatic carbocycles. The minimum absolute atomic E-state index is 0.0507. The molecule has 23 heavy (non-hydrogen) atoms. The third kappa shape index (κ3) is 4.53. The van der Waals surface area contributed by atoms with Gasteiger partial charge >= 0.3 is 6.18 Å². The fraction of sp³-hybridized carbons (Fsp3) is 0.133. The number of hydrogen-bond donors (Lipinski definition) is 1. The Morgan fingerprint density at radius 1 is 1.13 bits per heavy atom. The van der Waals surface area contributed by atoms with E-state index in [0.717, 1.165) is 6.07 Å². The largest absolute Gasteiger partial charge is 0.416 e. The van der Waals surface area contributed by atoms with Crippen molar-refractivity contribution in [3.8, 4) is 0 Å². The second-order valence-corrected chi connectivity index (χ2v) is 4.73. The summed E-state index contributed by atoms with van der Waals surface area (Å²) in [5.41, 5.74) is -1.53. The summed E-state index contributed by atoms with van der Waals surface area (Å²) in [5, 5.41) is 13.0. The van der Waals surface area contributed by atoms with E-state index in [9.17, 15) is 28.1 Å². The third-order valence-electron chi connectivity index (χ3n) is 2.95. The quantitative estimate of drug-likeness (QED) is 0.687. The van der Waals surface area contributed by atoms with Crippen molar-refractivity contribution in [2.75, 3.05) is 5.32 Å². The second-order valence-electron chi connectivity index (χ2n) is 4.73. The van der Waals surface area contributed by atoms with E-state index >= 15 is 0 Å². The zero-order valence-corrected chi connectivity index (χ0v) is 11.6. The number of rotatable bonds is 4. The van der Waals surface area contributed by atoms with E-state index < -0.39 is 28.3 Å². The Kier molecular flexibility index (Phi) is 4.63. The average molecular weight is 324 g/mol. The molecule has 0 aliphatic rings. The van der Waals surface area contributed by atoms with Gasteiger partial charge < -0.3 is 5.32 Å². The molecule has 0 aliphatic heterocycles. The van der Waals surface area contributed by atoms with Gasteiger partial charge in [0.2, 0.25) is 5.91 Å². The maximum absolute atomic E-state index is 12.8. The lowest BCUT2D eigenvalue weighted by atomic mass is 10.1. The van der Waals surface area contributed by atoms with Crippen LogP contribution in [0.2, 0.25) is 0 Å². The number of alkyl halides is 3. The molecule has 0 atom stereocenters. The first-order chi connectivity index (χ1) is 10.8. The van der Waals surface area contributed by atoms with E-state index in [1.807, 2.05) is 0 Å². The number of carbonyl (C=O) groups is 1. The van der Waals surface area contributed by atoms with Crippen LogP contribution in [0.3, 0.4) is 0 Å². The number of non-ortho nitro benzene ring substituents is 1. The highest BCUT2D eigenvalue weighted by Gasteiger charge is 2.33. The van der Waals surface area contributed by atoms with Gasteiger partial charge in [0.05, 0.1) is 16.9 Å². The van der Waals surface area contributed by atoms with Gasteiger partial charge in [-0.2, -0.15) is 13.2 Å². The SMILES string of the molecule is O=C(Cc1ccccc1)Nc1cc([N+](=O)[O-])cc(C(F)(F)F)c1. The summed E-state index contributed by atoms with van der Waals surface area (Å²) in [6.07, 6.45) is -4.80. The van der Waals surface area contributed by atoms with Crippen molar-refractivity contribution < 1.29 is 22.9 Å². The topological polar surface area (TPSA) is 72.2 Å². The van der Waals surface area contributed by atoms with Crippen LogP contribution in [0.25, 0.3) is 0 Å². The van der Waals surface area contributed by atoms with Crippen molar-refractivity contribution in [3.05, 3.63) is 69.8 Å². The van der Waals surface area contributed by atoms with Crippen LogP contribution < -0.4 is 5.32 Å². The molecule has 0 spiro atoms. The van der Waals surface area contributed by atoms with E-state index in [2.05, 4.69) is 5.32 Å². The van der Waals surface area contributed by atoms with Gasteiger partial charge in [0.15, 0.2) is 0 Å². The molecule has 1 amide bonds. The molecular formula is C15H11F3N2O3. The number of nitro benzene ring substituents is 1. The number of carbonyl (C=O) groups excluding carboxylic acids is 1. The molecule has 0 aromatic heterocycles. The monoisotopic (exact) mass is 324 g/mol. The molecule has 0 fully saturated rings. The molecule has 0 unspecified atom stereocenters. The molecule has 0 heterocycles. The van der Waals surface area contributed by atoms with Gasteiger partial charge in [0.25, 0.3) is 5.69 Å². The number of benzene rings is 2. The Balaban J connectivity index is 2.23. The van der Waals surface area contributed by atoms with Crippen LogP contribution in [-0.4, -0.2) is 10.8 Å². The normalized spacial score (nSPS) is 11.1. The minimum Gasteiger partial charge on any atom is -0.326 e.